The molecule has 1 saturated carbocycles. The third kappa shape index (κ3) is 6.62. The van der Waals surface area contributed by atoms with Crippen LogP contribution in [0.3, 0.4) is 0 Å². The molecule has 5 rings (SSSR count). The van der Waals surface area contributed by atoms with Gasteiger partial charge in [0.2, 0.25) is 11.9 Å². The molecule has 2 aromatic heterocycles. The van der Waals surface area contributed by atoms with Crippen molar-refractivity contribution in [1.82, 2.24) is 19.7 Å². The number of carbonyl (C=O) groups is 1. The zero-order chi connectivity index (χ0) is 29.3. The van der Waals surface area contributed by atoms with Crippen LogP contribution in [-0.4, -0.2) is 37.7 Å². The molecule has 2 heterocycles. The van der Waals surface area contributed by atoms with Crippen molar-refractivity contribution in [1.29, 1.82) is 0 Å². The van der Waals surface area contributed by atoms with E-state index in [1.165, 1.54) is 6.07 Å². The van der Waals surface area contributed by atoms with Gasteiger partial charge in [-0.25, -0.2) is 9.97 Å². The maximum absolute atomic E-state index is 13.2. The smallest absolute Gasteiger partial charge is 0.351 e. The van der Waals surface area contributed by atoms with Gasteiger partial charge < -0.3 is 16.4 Å². The molecule has 12 heteroatoms. The van der Waals surface area contributed by atoms with Crippen LogP contribution in [0.2, 0.25) is 5.02 Å². The van der Waals surface area contributed by atoms with Crippen molar-refractivity contribution >= 4 is 40.2 Å². The van der Waals surface area contributed by atoms with Crippen LogP contribution in [0.15, 0.2) is 42.6 Å². The van der Waals surface area contributed by atoms with Crippen LogP contribution in [0.25, 0.3) is 22.2 Å². The van der Waals surface area contributed by atoms with E-state index in [9.17, 15) is 18.0 Å². The fraction of sp³-hybridized carbons (Fsp3) is 0.379. The second-order valence-corrected chi connectivity index (χ2v) is 10.9. The molecule has 4 N–H and O–H groups in total. The Bertz CT molecular complexity index is 1580. The molecule has 216 valence electrons. The summed E-state index contributed by atoms with van der Waals surface area (Å²) in [6, 6.07) is 9.77. The molecule has 0 unspecified atom stereocenters. The predicted molar refractivity (Wildman–Crippen MR) is 154 cm³/mol. The molecule has 1 amide bonds. The van der Waals surface area contributed by atoms with Gasteiger partial charge in [0.15, 0.2) is 5.82 Å². The first-order valence-corrected chi connectivity index (χ1v) is 13.9. The molecule has 8 nitrogen and oxygen atoms in total. The first-order valence-electron chi connectivity index (χ1n) is 13.5. The highest BCUT2D eigenvalue weighted by molar-refractivity contribution is 6.31. The summed E-state index contributed by atoms with van der Waals surface area (Å²) in [5, 5.41) is 11.0. The summed E-state index contributed by atoms with van der Waals surface area (Å²) in [6.45, 7) is 2.06. The highest BCUT2D eigenvalue weighted by atomic mass is 35.5. The Morgan fingerprint density at radius 1 is 1.15 bits per heavy atom. The van der Waals surface area contributed by atoms with Gasteiger partial charge in [-0.15, -0.1) is 0 Å². The van der Waals surface area contributed by atoms with Crippen molar-refractivity contribution in [2.24, 2.45) is 12.8 Å². The van der Waals surface area contributed by atoms with Gasteiger partial charge in [-0.3, -0.25) is 9.48 Å². The van der Waals surface area contributed by atoms with Crippen LogP contribution in [0.4, 0.5) is 24.9 Å². The third-order valence-corrected chi connectivity index (χ3v) is 7.72. The number of hydrogen-bond acceptors (Lipinski definition) is 6. The molecule has 0 spiro atoms. The average molecular weight is 586 g/mol. The fourth-order valence-corrected chi connectivity index (χ4v) is 5.45. The van der Waals surface area contributed by atoms with Crippen molar-refractivity contribution in [2.45, 2.75) is 63.7 Å². The van der Waals surface area contributed by atoms with E-state index in [1.807, 2.05) is 18.3 Å². The van der Waals surface area contributed by atoms with E-state index in [1.54, 1.807) is 17.8 Å². The maximum Gasteiger partial charge on any atom is 0.417 e. The van der Waals surface area contributed by atoms with E-state index in [4.69, 9.17) is 22.3 Å². The molecule has 1 aliphatic carbocycles. The quantitative estimate of drug-likeness (QED) is 0.241. The number of nitrogens with two attached hydrogens (primary N) is 1. The number of aromatic nitrogens is 4. The largest absolute Gasteiger partial charge is 0.417 e. The Hall–Kier alpha value is -3.70. The SMILES string of the molecule is CCc1cc(-c2cc(NC(=O)Cc3ccc(Cl)c(C(F)(F)F)c3)nn2C)cc2cnc(N[C@H]3CC[C@H](N)CC3)nc12. The van der Waals surface area contributed by atoms with Crippen molar-refractivity contribution in [3.63, 3.8) is 0 Å². The number of anilines is 2. The number of alkyl halides is 3. The standard InChI is InChI=1S/C29H31ClF3N7O/c1-3-17-12-18(13-19-15-35-28(38-27(17)19)36-21-7-5-20(34)6-8-21)24-14-25(39-40(24)2)37-26(41)11-16-4-9-23(30)22(10-16)29(31,32)33/h4,9-10,12-15,20-21H,3,5-8,11,34H2,1-2H3,(H,35,36,38)(H,37,39,41)/t20-,21-. The first kappa shape index (κ1) is 28.8. The summed E-state index contributed by atoms with van der Waals surface area (Å²) in [5.41, 5.74) is 8.80. The van der Waals surface area contributed by atoms with Crippen LogP contribution in [0.1, 0.15) is 49.3 Å². The lowest BCUT2D eigenvalue weighted by molar-refractivity contribution is -0.137. The van der Waals surface area contributed by atoms with Gasteiger partial charge in [0.1, 0.15) is 0 Å². The van der Waals surface area contributed by atoms with Crippen LogP contribution < -0.4 is 16.4 Å². The Morgan fingerprint density at radius 3 is 2.61 bits per heavy atom. The monoisotopic (exact) mass is 585 g/mol. The first-order chi connectivity index (χ1) is 19.5. The van der Waals surface area contributed by atoms with Gasteiger partial charge in [0.05, 0.1) is 28.2 Å². The van der Waals surface area contributed by atoms with Gasteiger partial charge in [-0.05, 0) is 67.5 Å². The molecule has 0 atom stereocenters. The van der Waals surface area contributed by atoms with E-state index in [0.717, 1.165) is 72.0 Å². The molecule has 4 aromatic rings. The van der Waals surface area contributed by atoms with Crippen LogP contribution >= 0.6 is 11.6 Å². The zero-order valence-electron chi connectivity index (χ0n) is 22.7. The maximum atomic E-state index is 13.2. The molecule has 0 radical (unpaired) electrons. The van der Waals surface area contributed by atoms with Gasteiger partial charge in [-0.2, -0.15) is 18.3 Å². The van der Waals surface area contributed by atoms with Gasteiger partial charge in [-0.1, -0.05) is 24.6 Å². The number of aryl methyl sites for hydroxylation is 2. The number of amides is 1. The lowest BCUT2D eigenvalue weighted by Gasteiger charge is -2.26. The second-order valence-electron chi connectivity index (χ2n) is 10.5. The third-order valence-electron chi connectivity index (χ3n) is 7.39. The molecular formula is C29H31ClF3N7O. The highest BCUT2D eigenvalue weighted by Gasteiger charge is 2.33. The minimum absolute atomic E-state index is 0.193. The van der Waals surface area contributed by atoms with Crippen LogP contribution in [0.5, 0.6) is 0 Å². The number of benzene rings is 2. The van der Waals surface area contributed by atoms with E-state index in [0.29, 0.717) is 17.8 Å². The Kier molecular flexibility index (Phi) is 8.19. The number of hydrogen-bond donors (Lipinski definition) is 3. The summed E-state index contributed by atoms with van der Waals surface area (Å²) < 4.78 is 41.2. The molecule has 0 bridgehead atoms. The number of nitrogens with zero attached hydrogens (tertiary/aromatic N) is 4. The topological polar surface area (TPSA) is 111 Å². The summed E-state index contributed by atoms with van der Waals surface area (Å²) in [5.74, 6) is 0.402. The van der Waals surface area contributed by atoms with Gasteiger partial charge in [0.25, 0.3) is 0 Å². The zero-order valence-corrected chi connectivity index (χ0v) is 23.5. The molecule has 0 aliphatic heterocycles. The van der Waals surface area contributed by atoms with Crippen LogP contribution in [0, 0.1) is 0 Å². The number of nitrogens with one attached hydrogen (secondary N) is 2. The Balaban J connectivity index is 1.33. The van der Waals surface area contributed by atoms with Crippen LogP contribution in [-0.2, 0) is 30.9 Å². The number of fused-ring (bicyclic) bond motifs is 1. The van der Waals surface area contributed by atoms with Crippen molar-refractivity contribution in [2.75, 3.05) is 10.6 Å². The van der Waals surface area contributed by atoms with Crippen molar-refractivity contribution in [3.8, 4) is 11.3 Å². The summed E-state index contributed by atoms with van der Waals surface area (Å²) in [7, 11) is 1.76. The van der Waals surface area contributed by atoms with E-state index in [-0.39, 0.29) is 18.0 Å². The molecule has 2 aromatic carbocycles. The second kappa shape index (κ2) is 11.7. The summed E-state index contributed by atoms with van der Waals surface area (Å²) in [6.07, 6.45) is 1.66. The Labute approximate surface area is 240 Å². The van der Waals surface area contributed by atoms with E-state index >= 15 is 0 Å². The fourth-order valence-electron chi connectivity index (χ4n) is 5.22. The minimum atomic E-state index is -4.61. The number of halogens is 4. The van der Waals surface area contributed by atoms with Gasteiger partial charge >= 0.3 is 6.18 Å². The Morgan fingerprint density at radius 2 is 1.90 bits per heavy atom. The molecule has 1 aliphatic rings. The average Bonchev–Trinajstić information content (AvgIpc) is 3.29. The van der Waals surface area contributed by atoms with E-state index < -0.39 is 22.7 Å². The molecule has 0 saturated heterocycles. The van der Waals surface area contributed by atoms with Crippen molar-refractivity contribution < 1.29 is 18.0 Å². The van der Waals surface area contributed by atoms with Gasteiger partial charge in [0, 0.05) is 42.3 Å². The molecular weight excluding hydrogens is 555 g/mol. The number of carbonyl (C=O) groups excluding carboxylic acids is 1. The molecule has 1 fully saturated rings. The predicted octanol–water partition coefficient (Wildman–Crippen LogP) is 6.13. The lowest BCUT2D eigenvalue weighted by atomic mass is 9.92. The molecule has 41 heavy (non-hydrogen) atoms. The van der Waals surface area contributed by atoms with Crippen molar-refractivity contribution in [3.05, 3.63) is 64.3 Å². The summed E-state index contributed by atoms with van der Waals surface area (Å²) in [4.78, 5) is 22.0. The summed E-state index contributed by atoms with van der Waals surface area (Å²) >= 11 is 5.69. The van der Waals surface area contributed by atoms with E-state index in [2.05, 4.69) is 27.6 Å². The lowest BCUT2D eigenvalue weighted by Crippen LogP contribution is -2.33. The minimum Gasteiger partial charge on any atom is -0.351 e. The number of rotatable bonds is 7. The highest BCUT2D eigenvalue weighted by Crippen LogP contribution is 2.35. The normalized spacial score (nSPS) is 17.5.